The number of alkyl halides is 6. The van der Waals surface area contributed by atoms with Gasteiger partial charge in [-0.25, -0.2) is 4.79 Å². The zero-order chi connectivity index (χ0) is 27.0. The first-order chi connectivity index (χ1) is 17.1. The third-order valence-corrected chi connectivity index (χ3v) is 9.76. The molecule has 37 heavy (non-hydrogen) atoms. The van der Waals surface area contributed by atoms with Gasteiger partial charge in [-0.1, -0.05) is 19.9 Å². The van der Waals surface area contributed by atoms with Crippen molar-refractivity contribution in [2.75, 3.05) is 5.32 Å². The minimum atomic E-state index is -4.92. The molecule has 1 aromatic carbocycles. The highest BCUT2D eigenvalue weighted by Gasteiger charge is 2.61. The van der Waals surface area contributed by atoms with E-state index in [1.54, 1.807) is 0 Å². The van der Waals surface area contributed by atoms with E-state index in [0.717, 1.165) is 12.8 Å². The van der Waals surface area contributed by atoms with Crippen LogP contribution in [0.1, 0.15) is 63.5 Å². The van der Waals surface area contributed by atoms with E-state index in [2.05, 4.69) is 12.2 Å². The average Bonchev–Trinajstić information content (AvgIpc) is 3.15. The Morgan fingerprint density at radius 3 is 2.38 bits per heavy atom. The fourth-order valence-corrected chi connectivity index (χ4v) is 7.92. The molecule has 0 aromatic heterocycles. The van der Waals surface area contributed by atoms with E-state index in [9.17, 15) is 35.9 Å². The second-order valence-electron chi connectivity index (χ2n) is 11.5. The summed E-state index contributed by atoms with van der Waals surface area (Å²) in [5, 5.41) is 2.23. The molecule has 0 spiro atoms. The Balaban J connectivity index is 1.40. The molecule has 7 atom stereocenters. The summed E-state index contributed by atoms with van der Waals surface area (Å²) in [6.45, 7) is 4.10. The van der Waals surface area contributed by atoms with E-state index in [4.69, 9.17) is 4.74 Å². The number of hydrogen-bond donors (Lipinski definition) is 1. The molecule has 0 saturated heterocycles. The van der Waals surface area contributed by atoms with Crippen molar-refractivity contribution in [3.8, 4) is 0 Å². The summed E-state index contributed by atoms with van der Waals surface area (Å²) in [5.74, 6) is -0.963. The molecule has 0 bridgehead atoms. The lowest BCUT2D eigenvalue weighted by Crippen LogP contribution is -2.55. The number of hydrogen-bond acceptors (Lipinski definition) is 3. The summed E-state index contributed by atoms with van der Waals surface area (Å²) in [6, 6.07) is 1.11. The fraction of sp³-hybridized carbons (Fsp3) is 0.630. The minimum absolute atomic E-state index is 0.148. The Morgan fingerprint density at radius 1 is 0.973 bits per heavy atom. The highest BCUT2D eigenvalue weighted by molar-refractivity contribution is 5.94. The van der Waals surface area contributed by atoms with Crippen molar-refractivity contribution in [1.29, 1.82) is 0 Å². The van der Waals surface area contributed by atoms with Crippen LogP contribution >= 0.6 is 0 Å². The smallest absolute Gasteiger partial charge is 0.418 e. The summed E-state index contributed by atoms with van der Waals surface area (Å²) in [4.78, 5) is 25.2. The van der Waals surface area contributed by atoms with Crippen molar-refractivity contribution in [1.82, 2.24) is 0 Å². The van der Waals surface area contributed by atoms with Gasteiger partial charge in [0.2, 0.25) is 5.91 Å². The third-order valence-electron chi connectivity index (χ3n) is 9.76. The second kappa shape index (κ2) is 8.50. The van der Waals surface area contributed by atoms with Gasteiger partial charge in [0.15, 0.2) is 0 Å². The van der Waals surface area contributed by atoms with Gasteiger partial charge in [0.25, 0.3) is 0 Å². The lowest BCUT2D eigenvalue weighted by Gasteiger charge is -2.58. The van der Waals surface area contributed by atoms with Crippen LogP contribution in [0.5, 0.6) is 0 Å². The van der Waals surface area contributed by atoms with Crippen LogP contribution in [0.2, 0.25) is 0 Å². The van der Waals surface area contributed by atoms with Crippen molar-refractivity contribution < 1.29 is 40.7 Å². The van der Waals surface area contributed by atoms with Crippen LogP contribution in [0.15, 0.2) is 30.4 Å². The highest BCUT2D eigenvalue weighted by atomic mass is 19.4. The van der Waals surface area contributed by atoms with Crippen molar-refractivity contribution in [2.24, 2.45) is 34.5 Å². The van der Waals surface area contributed by atoms with Crippen LogP contribution in [-0.4, -0.2) is 18.0 Å². The first-order valence-corrected chi connectivity index (χ1v) is 12.6. The lowest BCUT2D eigenvalue weighted by molar-refractivity contribution is -0.167. The highest BCUT2D eigenvalue weighted by Crippen LogP contribution is 2.65. The predicted molar refractivity (Wildman–Crippen MR) is 122 cm³/mol. The molecule has 5 rings (SSSR count). The van der Waals surface area contributed by atoms with Gasteiger partial charge in [0.1, 0.15) is 6.10 Å². The Labute approximate surface area is 210 Å². The maximum absolute atomic E-state index is 13.6. The summed E-state index contributed by atoms with van der Waals surface area (Å²) in [6.07, 6.45) is -2.39. The molecule has 1 amide bonds. The molecule has 10 heteroatoms. The SMILES string of the molecule is C[C@]12CCC3C(CC[C@H]4OC(=O)C=C[C@]34C)C1CC[C@@H]2C(=O)Nc1cc(C(F)(F)F)ccc1C(F)(F)F. The number of carbonyl (C=O) groups is 2. The standard InChI is InChI=1S/C27H29F6NO3/c1-24-11-9-17-15(4-8-21-25(17,2)12-10-22(35)37-21)16(24)6-7-19(24)23(36)34-20-13-14(26(28,29)30)3-5-18(20)27(31,32)33/h3,5,10,12-13,15-17,19,21H,4,6-9,11H2,1-2H3,(H,34,36)/t15?,16?,17?,19-,21-,24+,25-/m1/s1. The van der Waals surface area contributed by atoms with Gasteiger partial charge in [0.05, 0.1) is 16.8 Å². The van der Waals surface area contributed by atoms with Crippen molar-refractivity contribution in [3.05, 3.63) is 41.5 Å². The molecule has 1 aromatic rings. The van der Waals surface area contributed by atoms with E-state index in [1.165, 1.54) is 6.08 Å². The van der Waals surface area contributed by atoms with Gasteiger partial charge in [-0.05, 0) is 79.9 Å². The van der Waals surface area contributed by atoms with Gasteiger partial charge in [-0.3, -0.25) is 4.79 Å². The lowest BCUT2D eigenvalue weighted by atomic mass is 9.48. The predicted octanol–water partition coefficient (Wildman–Crippen LogP) is 7.00. The Hall–Kier alpha value is -2.52. The quantitative estimate of drug-likeness (QED) is 0.332. The molecule has 1 N–H and O–H groups in total. The first kappa shape index (κ1) is 26.1. The molecule has 3 fully saturated rings. The number of carbonyl (C=O) groups excluding carboxylic acids is 2. The van der Waals surface area contributed by atoms with Crippen LogP contribution in [0, 0.1) is 34.5 Å². The summed E-state index contributed by atoms with van der Waals surface area (Å²) >= 11 is 0. The van der Waals surface area contributed by atoms with Gasteiger partial charge >= 0.3 is 18.3 Å². The molecular weight excluding hydrogens is 500 g/mol. The van der Waals surface area contributed by atoms with Crippen molar-refractivity contribution in [3.63, 3.8) is 0 Å². The summed E-state index contributed by atoms with van der Waals surface area (Å²) < 4.78 is 86.0. The van der Waals surface area contributed by atoms with E-state index >= 15 is 0 Å². The Morgan fingerprint density at radius 2 is 1.70 bits per heavy atom. The van der Waals surface area contributed by atoms with Crippen LogP contribution in [-0.2, 0) is 26.7 Å². The maximum atomic E-state index is 13.6. The number of benzene rings is 1. The number of halogens is 6. The fourth-order valence-electron chi connectivity index (χ4n) is 7.92. The topological polar surface area (TPSA) is 55.4 Å². The molecule has 1 heterocycles. The number of nitrogens with one attached hydrogen (secondary N) is 1. The molecule has 1 aliphatic heterocycles. The van der Waals surface area contributed by atoms with Gasteiger partial charge in [-0.15, -0.1) is 0 Å². The number of anilines is 1. The van der Waals surface area contributed by atoms with Crippen LogP contribution in [0.4, 0.5) is 32.0 Å². The first-order valence-electron chi connectivity index (χ1n) is 12.6. The zero-order valence-electron chi connectivity index (χ0n) is 20.5. The third kappa shape index (κ3) is 4.24. The number of fused-ring (bicyclic) bond motifs is 5. The van der Waals surface area contributed by atoms with Crippen LogP contribution in [0.3, 0.4) is 0 Å². The maximum Gasteiger partial charge on any atom is 0.418 e. The van der Waals surface area contributed by atoms with Gasteiger partial charge in [-0.2, -0.15) is 26.3 Å². The molecule has 4 aliphatic rings. The monoisotopic (exact) mass is 529 g/mol. The van der Waals surface area contributed by atoms with Gasteiger partial charge in [0, 0.05) is 17.4 Å². The van der Waals surface area contributed by atoms with E-state index in [-0.39, 0.29) is 35.2 Å². The Bertz CT molecular complexity index is 1140. The molecule has 3 saturated carbocycles. The van der Waals surface area contributed by atoms with E-state index < -0.39 is 46.4 Å². The van der Waals surface area contributed by atoms with E-state index in [1.807, 2.05) is 13.0 Å². The number of rotatable bonds is 2. The largest absolute Gasteiger partial charge is 0.458 e. The second-order valence-corrected chi connectivity index (χ2v) is 11.5. The molecule has 3 aliphatic carbocycles. The zero-order valence-corrected chi connectivity index (χ0v) is 20.5. The number of esters is 1. The molecule has 4 nitrogen and oxygen atoms in total. The van der Waals surface area contributed by atoms with Gasteiger partial charge < -0.3 is 10.1 Å². The number of ether oxygens (including phenoxy) is 1. The molecular formula is C27H29F6NO3. The number of amides is 1. The van der Waals surface area contributed by atoms with Crippen molar-refractivity contribution >= 4 is 17.6 Å². The molecule has 3 unspecified atom stereocenters. The van der Waals surface area contributed by atoms with Crippen LogP contribution < -0.4 is 5.32 Å². The Kier molecular flexibility index (Phi) is 5.99. The summed E-state index contributed by atoms with van der Waals surface area (Å²) in [7, 11) is 0. The molecule has 202 valence electrons. The normalized spacial score (nSPS) is 37.3. The van der Waals surface area contributed by atoms with E-state index in [0.29, 0.717) is 43.9 Å². The average molecular weight is 530 g/mol. The van der Waals surface area contributed by atoms with Crippen molar-refractivity contribution in [2.45, 2.75) is 70.8 Å². The minimum Gasteiger partial charge on any atom is -0.458 e. The molecule has 0 radical (unpaired) electrons. The van der Waals surface area contributed by atoms with Crippen LogP contribution in [0.25, 0.3) is 0 Å². The summed E-state index contributed by atoms with van der Waals surface area (Å²) in [5.41, 5.74) is -4.21.